The van der Waals surface area contributed by atoms with Crippen molar-refractivity contribution < 1.29 is 13.6 Å². The van der Waals surface area contributed by atoms with Crippen molar-refractivity contribution in [3.63, 3.8) is 0 Å². The molecular formula is C20H16BrF2N3O. The number of carbonyl (C=O) groups excluding carboxylic acids is 1. The standard InChI is InChI=1S/C20H16BrF2N3O/c1-12-17(13(2)26(25-12)16-6-4-15(22)5-7-16)8-10-20(27)24-19-9-3-14(21)11-18(19)23/h3-11H,1-2H3,(H,24,27)/b10-8+. The molecule has 0 atom stereocenters. The first-order valence-corrected chi connectivity index (χ1v) is 8.90. The van der Waals surface area contributed by atoms with Crippen molar-refractivity contribution in [3.05, 3.63) is 81.6 Å². The van der Waals surface area contributed by atoms with Crippen LogP contribution in [-0.2, 0) is 4.79 Å². The minimum Gasteiger partial charge on any atom is -0.320 e. The van der Waals surface area contributed by atoms with Crippen LogP contribution >= 0.6 is 15.9 Å². The molecule has 3 aromatic rings. The van der Waals surface area contributed by atoms with E-state index in [4.69, 9.17) is 0 Å². The fourth-order valence-corrected chi connectivity index (χ4v) is 2.99. The third-order valence-corrected chi connectivity index (χ3v) is 4.50. The van der Waals surface area contributed by atoms with Crippen molar-refractivity contribution in [1.82, 2.24) is 9.78 Å². The molecule has 1 amide bonds. The van der Waals surface area contributed by atoms with Crippen LogP contribution in [-0.4, -0.2) is 15.7 Å². The Morgan fingerprint density at radius 1 is 1.15 bits per heavy atom. The van der Waals surface area contributed by atoms with Crippen LogP contribution in [0.15, 0.2) is 53.0 Å². The summed E-state index contributed by atoms with van der Waals surface area (Å²) in [6, 6.07) is 10.4. The van der Waals surface area contributed by atoms with Gasteiger partial charge in [0.25, 0.3) is 0 Å². The van der Waals surface area contributed by atoms with Crippen LogP contribution in [0.2, 0.25) is 0 Å². The molecule has 4 nitrogen and oxygen atoms in total. The molecule has 1 aromatic heterocycles. The number of anilines is 1. The summed E-state index contributed by atoms with van der Waals surface area (Å²) < 4.78 is 29.2. The summed E-state index contributed by atoms with van der Waals surface area (Å²) in [6.45, 7) is 3.67. The summed E-state index contributed by atoms with van der Waals surface area (Å²) in [5.41, 5.74) is 3.11. The van der Waals surface area contributed by atoms with E-state index in [0.717, 1.165) is 22.6 Å². The second kappa shape index (κ2) is 7.84. The van der Waals surface area contributed by atoms with Gasteiger partial charge >= 0.3 is 0 Å². The predicted molar refractivity (Wildman–Crippen MR) is 105 cm³/mol. The van der Waals surface area contributed by atoms with Gasteiger partial charge in [-0.15, -0.1) is 0 Å². The highest BCUT2D eigenvalue weighted by Crippen LogP contribution is 2.21. The number of carbonyl (C=O) groups is 1. The predicted octanol–water partition coefficient (Wildman–Crippen LogP) is 5.18. The molecule has 0 spiro atoms. The molecular weight excluding hydrogens is 416 g/mol. The van der Waals surface area contributed by atoms with Crippen molar-refractivity contribution in [3.8, 4) is 5.69 Å². The van der Waals surface area contributed by atoms with Gasteiger partial charge in [-0.3, -0.25) is 4.79 Å². The van der Waals surface area contributed by atoms with Crippen LogP contribution < -0.4 is 5.32 Å². The smallest absolute Gasteiger partial charge is 0.248 e. The molecule has 0 aliphatic carbocycles. The van der Waals surface area contributed by atoms with Crippen LogP contribution in [0.25, 0.3) is 11.8 Å². The van der Waals surface area contributed by atoms with Gasteiger partial charge in [0.1, 0.15) is 11.6 Å². The quantitative estimate of drug-likeness (QED) is 0.578. The van der Waals surface area contributed by atoms with E-state index < -0.39 is 11.7 Å². The highest BCUT2D eigenvalue weighted by Gasteiger charge is 2.11. The molecule has 27 heavy (non-hydrogen) atoms. The van der Waals surface area contributed by atoms with E-state index in [1.54, 1.807) is 29.0 Å². The van der Waals surface area contributed by atoms with Crippen molar-refractivity contribution in [2.24, 2.45) is 0 Å². The summed E-state index contributed by atoms with van der Waals surface area (Å²) in [6.07, 6.45) is 2.96. The second-order valence-electron chi connectivity index (χ2n) is 5.92. The second-order valence-corrected chi connectivity index (χ2v) is 6.84. The van der Waals surface area contributed by atoms with Gasteiger partial charge in [0, 0.05) is 21.8 Å². The lowest BCUT2D eigenvalue weighted by Gasteiger charge is -2.05. The summed E-state index contributed by atoms with van der Waals surface area (Å²) >= 11 is 3.17. The Morgan fingerprint density at radius 2 is 1.85 bits per heavy atom. The molecule has 0 bridgehead atoms. The fourth-order valence-electron chi connectivity index (χ4n) is 2.65. The number of amides is 1. The molecule has 0 unspecified atom stereocenters. The summed E-state index contributed by atoms with van der Waals surface area (Å²) in [5, 5.41) is 6.94. The zero-order chi connectivity index (χ0) is 19.6. The van der Waals surface area contributed by atoms with E-state index in [1.807, 2.05) is 13.8 Å². The molecule has 7 heteroatoms. The maximum Gasteiger partial charge on any atom is 0.248 e. The highest BCUT2D eigenvalue weighted by molar-refractivity contribution is 9.10. The van der Waals surface area contributed by atoms with E-state index in [9.17, 15) is 13.6 Å². The van der Waals surface area contributed by atoms with E-state index in [-0.39, 0.29) is 11.5 Å². The lowest BCUT2D eigenvalue weighted by atomic mass is 10.2. The van der Waals surface area contributed by atoms with Crippen LogP contribution in [0.1, 0.15) is 17.0 Å². The number of halogens is 3. The minimum absolute atomic E-state index is 0.100. The van der Waals surface area contributed by atoms with Gasteiger partial charge in [-0.25, -0.2) is 13.5 Å². The van der Waals surface area contributed by atoms with Gasteiger partial charge in [0.05, 0.1) is 17.1 Å². The summed E-state index contributed by atoms with van der Waals surface area (Å²) in [5.74, 6) is -1.30. The third kappa shape index (κ3) is 4.31. The number of hydrogen-bond donors (Lipinski definition) is 1. The Hall–Kier alpha value is -2.80. The molecule has 0 saturated carbocycles. The first kappa shape index (κ1) is 19.0. The molecule has 0 aliphatic rings. The molecule has 138 valence electrons. The fraction of sp³-hybridized carbons (Fsp3) is 0.100. The van der Waals surface area contributed by atoms with E-state index in [1.165, 1.54) is 30.3 Å². The van der Waals surface area contributed by atoms with Crippen LogP contribution in [0.3, 0.4) is 0 Å². The maximum absolute atomic E-state index is 13.8. The third-order valence-electron chi connectivity index (χ3n) is 4.01. The summed E-state index contributed by atoms with van der Waals surface area (Å²) in [7, 11) is 0. The topological polar surface area (TPSA) is 46.9 Å². The highest BCUT2D eigenvalue weighted by atomic mass is 79.9. The molecule has 3 rings (SSSR count). The molecule has 1 heterocycles. The maximum atomic E-state index is 13.8. The van der Waals surface area contributed by atoms with E-state index >= 15 is 0 Å². The number of nitrogens with one attached hydrogen (secondary N) is 1. The normalized spacial score (nSPS) is 11.1. The Morgan fingerprint density at radius 3 is 2.52 bits per heavy atom. The number of rotatable bonds is 4. The molecule has 2 aromatic carbocycles. The van der Waals surface area contributed by atoms with E-state index in [2.05, 4.69) is 26.3 Å². The first-order chi connectivity index (χ1) is 12.8. The minimum atomic E-state index is -0.525. The number of nitrogens with zero attached hydrogens (tertiary/aromatic N) is 2. The van der Waals surface area contributed by atoms with Crippen LogP contribution in [0, 0.1) is 25.5 Å². The number of aromatic nitrogens is 2. The van der Waals surface area contributed by atoms with Crippen molar-refractivity contribution in [1.29, 1.82) is 0 Å². The average Bonchev–Trinajstić information content (AvgIpc) is 2.90. The van der Waals surface area contributed by atoms with Gasteiger partial charge in [-0.1, -0.05) is 15.9 Å². The zero-order valence-electron chi connectivity index (χ0n) is 14.6. The molecule has 1 N–H and O–H groups in total. The first-order valence-electron chi connectivity index (χ1n) is 8.11. The van der Waals surface area contributed by atoms with Gasteiger partial charge in [0.2, 0.25) is 5.91 Å². The lowest BCUT2D eigenvalue weighted by Crippen LogP contribution is -2.09. The SMILES string of the molecule is Cc1nn(-c2ccc(F)cc2)c(C)c1/C=C/C(=O)Nc1ccc(Br)cc1F. The lowest BCUT2D eigenvalue weighted by molar-refractivity contribution is -0.111. The Labute approximate surface area is 163 Å². The van der Waals surface area contributed by atoms with Crippen LogP contribution in [0.4, 0.5) is 14.5 Å². The van der Waals surface area contributed by atoms with Crippen LogP contribution in [0.5, 0.6) is 0 Å². The molecule has 0 fully saturated rings. The zero-order valence-corrected chi connectivity index (χ0v) is 16.2. The average molecular weight is 432 g/mol. The van der Waals surface area contributed by atoms with Gasteiger partial charge < -0.3 is 5.32 Å². The van der Waals surface area contributed by atoms with Crippen molar-refractivity contribution in [2.75, 3.05) is 5.32 Å². The molecule has 0 radical (unpaired) electrons. The monoisotopic (exact) mass is 431 g/mol. The van der Waals surface area contributed by atoms with E-state index in [0.29, 0.717) is 4.47 Å². The largest absolute Gasteiger partial charge is 0.320 e. The Kier molecular flexibility index (Phi) is 5.51. The molecule has 0 aliphatic heterocycles. The summed E-state index contributed by atoms with van der Waals surface area (Å²) in [4.78, 5) is 12.1. The molecule has 0 saturated heterocycles. The Bertz CT molecular complexity index is 1030. The Balaban J connectivity index is 1.80. The number of aryl methyl sites for hydroxylation is 1. The number of benzene rings is 2. The number of hydrogen-bond acceptors (Lipinski definition) is 2. The van der Waals surface area contributed by atoms with Crippen molar-refractivity contribution >= 4 is 33.6 Å². The van der Waals surface area contributed by atoms with Gasteiger partial charge in [-0.05, 0) is 62.4 Å². The van der Waals surface area contributed by atoms with Gasteiger partial charge in [-0.2, -0.15) is 5.10 Å². The van der Waals surface area contributed by atoms with Crippen molar-refractivity contribution in [2.45, 2.75) is 13.8 Å². The van der Waals surface area contributed by atoms with Gasteiger partial charge in [0.15, 0.2) is 0 Å².